The summed E-state index contributed by atoms with van der Waals surface area (Å²) in [6.45, 7) is 1.31. The summed E-state index contributed by atoms with van der Waals surface area (Å²) in [7, 11) is 1.60. The average Bonchev–Trinajstić information content (AvgIpc) is 3.45. The van der Waals surface area contributed by atoms with E-state index in [1.807, 2.05) is 0 Å². The lowest BCUT2D eigenvalue weighted by Crippen LogP contribution is -2.45. The number of carbonyl (C=O) groups is 3. The quantitative estimate of drug-likeness (QED) is 0.117. The van der Waals surface area contributed by atoms with Gasteiger partial charge in [-0.1, -0.05) is 24.3 Å². The van der Waals surface area contributed by atoms with Crippen molar-refractivity contribution in [3.05, 3.63) is 47.8 Å². The molecule has 0 aromatic heterocycles. The van der Waals surface area contributed by atoms with Crippen LogP contribution in [0.4, 0.5) is 4.39 Å². The lowest BCUT2D eigenvalue weighted by molar-refractivity contribution is -0.140. The molecule has 1 aromatic carbocycles. The van der Waals surface area contributed by atoms with E-state index in [0.29, 0.717) is 19.0 Å². The number of nitrogens with zero attached hydrogens (tertiary/aromatic N) is 2. The molecule has 172 valence electrons. The molecule has 0 radical (unpaired) electrons. The Bertz CT molecular complexity index is 923. The molecule has 1 aromatic rings. The van der Waals surface area contributed by atoms with Crippen LogP contribution in [0.3, 0.4) is 0 Å². The van der Waals surface area contributed by atoms with Crippen LogP contribution in [-0.2, 0) is 9.59 Å². The van der Waals surface area contributed by atoms with Gasteiger partial charge in [-0.2, -0.15) is 0 Å². The molecule has 1 saturated heterocycles. The smallest absolute Gasteiger partial charge is 0.254 e. The van der Waals surface area contributed by atoms with Crippen molar-refractivity contribution in [2.24, 2.45) is 28.7 Å². The summed E-state index contributed by atoms with van der Waals surface area (Å²) >= 11 is 0. The van der Waals surface area contributed by atoms with Gasteiger partial charge in [-0.3, -0.25) is 24.3 Å². The van der Waals surface area contributed by atoms with Gasteiger partial charge in [0.2, 0.25) is 11.8 Å². The molecule has 8 nitrogen and oxygen atoms in total. The van der Waals surface area contributed by atoms with Crippen LogP contribution in [-0.4, -0.2) is 61.8 Å². The first-order valence-corrected chi connectivity index (χ1v) is 10.5. The van der Waals surface area contributed by atoms with Crippen LogP contribution >= 0.6 is 24.0 Å². The fourth-order valence-corrected chi connectivity index (χ4v) is 4.79. The van der Waals surface area contributed by atoms with Crippen molar-refractivity contribution in [2.75, 3.05) is 33.2 Å². The standard InChI is InChI=1S/C22H26FN5O3.HI/c1-24-22(26-9-8-25-19(29)15-4-2-3-5-16(15)23)27-10-11-28-20(30)17-13-6-7-14(12-13)18(17)21(28)31;/h2-7,13-14,17-18H,8-12H2,1H3,(H,25,29)(H2,24,26,27);1H. The number of halogens is 2. The number of nitrogens with one attached hydrogen (secondary N) is 3. The van der Waals surface area contributed by atoms with E-state index in [-0.39, 0.29) is 78.1 Å². The molecule has 1 saturated carbocycles. The van der Waals surface area contributed by atoms with Crippen molar-refractivity contribution in [3.8, 4) is 0 Å². The number of amides is 3. The van der Waals surface area contributed by atoms with E-state index < -0.39 is 11.7 Å². The monoisotopic (exact) mass is 555 g/mol. The van der Waals surface area contributed by atoms with Gasteiger partial charge in [0.1, 0.15) is 5.82 Å². The molecule has 2 aliphatic carbocycles. The first-order chi connectivity index (χ1) is 15.0. The lowest BCUT2D eigenvalue weighted by atomic mass is 9.85. The number of imide groups is 1. The normalized spacial score (nSPS) is 25.6. The maximum absolute atomic E-state index is 13.6. The molecule has 2 bridgehead atoms. The Morgan fingerprint density at radius 3 is 2.25 bits per heavy atom. The molecule has 2 fully saturated rings. The first kappa shape index (κ1) is 24.1. The summed E-state index contributed by atoms with van der Waals surface area (Å²) in [5.41, 5.74) is -0.00152. The van der Waals surface area contributed by atoms with Gasteiger partial charge in [-0.15, -0.1) is 24.0 Å². The minimum absolute atomic E-state index is 0. The van der Waals surface area contributed by atoms with Crippen molar-refractivity contribution in [1.29, 1.82) is 0 Å². The summed E-state index contributed by atoms with van der Waals surface area (Å²) in [6.07, 6.45) is 5.08. The van der Waals surface area contributed by atoms with Crippen LogP contribution in [0.5, 0.6) is 0 Å². The molecule has 1 aliphatic heterocycles. The second-order valence-corrected chi connectivity index (χ2v) is 7.99. The van der Waals surface area contributed by atoms with Crippen molar-refractivity contribution < 1.29 is 18.8 Å². The van der Waals surface area contributed by atoms with E-state index in [0.717, 1.165) is 6.42 Å². The number of likely N-dealkylation sites (tertiary alicyclic amines) is 1. The highest BCUT2D eigenvalue weighted by molar-refractivity contribution is 14.0. The van der Waals surface area contributed by atoms with Gasteiger partial charge < -0.3 is 16.0 Å². The maximum atomic E-state index is 13.6. The highest BCUT2D eigenvalue weighted by Gasteiger charge is 2.58. The zero-order valence-electron chi connectivity index (χ0n) is 17.7. The highest BCUT2D eigenvalue weighted by atomic mass is 127. The zero-order valence-corrected chi connectivity index (χ0v) is 20.0. The SMILES string of the molecule is CN=C(NCCNC(=O)c1ccccc1F)NCCN1C(=O)C2C3C=CC(C3)C2C1=O.I. The number of guanidine groups is 1. The summed E-state index contributed by atoms with van der Waals surface area (Å²) in [5, 5.41) is 8.75. The minimum Gasteiger partial charge on any atom is -0.355 e. The lowest BCUT2D eigenvalue weighted by Gasteiger charge is -2.18. The fourth-order valence-electron chi connectivity index (χ4n) is 4.79. The number of hydrogen-bond acceptors (Lipinski definition) is 4. The predicted octanol–water partition coefficient (Wildman–Crippen LogP) is 1.15. The van der Waals surface area contributed by atoms with Crippen LogP contribution in [0.25, 0.3) is 0 Å². The number of benzene rings is 1. The van der Waals surface area contributed by atoms with Gasteiger partial charge >= 0.3 is 0 Å². The van der Waals surface area contributed by atoms with E-state index >= 15 is 0 Å². The maximum Gasteiger partial charge on any atom is 0.254 e. The van der Waals surface area contributed by atoms with Crippen LogP contribution in [0.15, 0.2) is 41.4 Å². The van der Waals surface area contributed by atoms with Gasteiger partial charge in [0.05, 0.1) is 17.4 Å². The van der Waals surface area contributed by atoms with Crippen molar-refractivity contribution in [3.63, 3.8) is 0 Å². The molecule has 1 heterocycles. The highest BCUT2D eigenvalue weighted by Crippen LogP contribution is 2.52. The van der Waals surface area contributed by atoms with Crippen molar-refractivity contribution >= 4 is 47.7 Å². The molecule has 4 atom stereocenters. The molecule has 0 spiro atoms. The summed E-state index contributed by atoms with van der Waals surface area (Å²) in [4.78, 5) is 42.8. The third-order valence-corrected chi connectivity index (χ3v) is 6.23. The number of hydrogen-bond donors (Lipinski definition) is 3. The van der Waals surface area contributed by atoms with Gasteiger partial charge in [0.15, 0.2) is 5.96 Å². The molecule has 4 unspecified atom stereocenters. The van der Waals surface area contributed by atoms with Gasteiger partial charge in [0, 0.05) is 33.2 Å². The molecule has 3 amide bonds. The Kier molecular flexibility index (Phi) is 7.86. The van der Waals surface area contributed by atoms with Crippen LogP contribution in [0.2, 0.25) is 0 Å². The second-order valence-electron chi connectivity index (χ2n) is 7.99. The molecule has 3 N–H and O–H groups in total. The van der Waals surface area contributed by atoms with Crippen LogP contribution in [0, 0.1) is 29.5 Å². The summed E-state index contributed by atoms with van der Waals surface area (Å²) in [6, 6.07) is 5.80. The number of aliphatic imine (C=N–C) groups is 1. The van der Waals surface area contributed by atoms with Crippen LogP contribution in [0.1, 0.15) is 16.8 Å². The summed E-state index contributed by atoms with van der Waals surface area (Å²) in [5.74, 6) is -0.638. The Morgan fingerprint density at radius 2 is 1.62 bits per heavy atom. The molecular weight excluding hydrogens is 528 g/mol. The van der Waals surface area contributed by atoms with E-state index in [9.17, 15) is 18.8 Å². The van der Waals surface area contributed by atoms with E-state index in [2.05, 4.69) is 33.1 Å². The van der Waals surface area contributed by atoms with Gasteiger partial charge in [-0.25, -0.2) is 4.39 Å². The Morgan fingerprint density at radius 1 is 1.03 bits per heavy atom. The number of rotatable bonds is 7. The van der Waals surface area contributed by atoms with E-state index in [1.165, 1.54) is 23.1 Å². The van der Waals surface area contributed by atoms with Crippen LogP contribution < -0.4 is 16.0 Å². The minimum atomic E-state index is -0.565. The largest absolute Gasteiger partial charge is 0.355 e. The third-order valence-electron chi connectivity index (χ3n) is 6.23. The van der Waals surface area contributed by atoms with E-state index in [1.54, 1.807) is 13.1 Å². The zero-order chi connectivity index (χ0) is 22.0. The number of allylic oxidation sites excluding steroid dienone is 2. The second kappa shape index (κ2) is 10.4. The average molecular weight is 555 g/mol. The van der Waals surface area contributed by atoms with E-state index in [4.69, 9.17) is 0 Å². The Hall–Kier alpha value is -2.50. The first-order valence-electron chi connectivity index (χ1n) is 10.5. The van der Waals surface area contributed by atoms with Gasteiger partial charge in [0.25, 0.3) is 5.91 Å². The topological polar surface area (TPSA) is 103 Å². The van der Waals surface area contributed by atoms with Crippen molar-refractivity contribution in [1.82, 2.24) is 20.9 Å². The predicted molar refractivity (Wildman–Crippen MR) is 128 cm³/mol. The molecular formula is C22H27FIN5O3. The molecule has 32 heavy (non-hydrogen) atoms. The number of carbonyl (C=O) groups excluding carboxylic acids is 3. The summed E-state index contributed by atoms with van der Waals surface area (Å²) < 4.78 is 13.6. The Labute approximate surface area is 203 Å². The third kappa shape index (κ3) is 4.64. The number of fused-ring (bicyclic) bond motifs is 5. The molecule has 4 rings (SSSR count). The Balaban J connectivity index is 0.00000289. The molecule has 3 aliphatic rings. The van der Waals surface area contributed by atoms with Gasteiger partial charge in [-0.05, 0) is 30.4 Å². The van der Waals surface area contributed by atoms with Crippen molar-refractivity contribution in [2.45, 2.75) is 6.42 Å². The molecule has 10 heteroatoms. The fraction of sp³-hybridized carbons (Fsp3) is 0.455.